The molecule has 2 bridgehead atoms. The summed E-state index contributed by atoms with van der Waals surface area (Å²) in [6, 6.07) is 2.69. The molecule has 20 heavy (non-hydrogen) atoms. The quantitative estimate of drug-likeness (QED) is 0.634. The second-order valence-corrected chi connectivity index (χ2v) is 7.15. The monoisotopic (exact) mass is 274 g/mol. The Morgan fingerprint density at radius 1 is 1.40 bits per heavy atom. The van der Waals surface area contributed by atoms with Crippen LogP contribution in [0.1, 0.15) is 37.6 Å². The molecule has 0 spiro atoms. The number of nitrogens with zero attached hydrogens (tertiary/aromatic N) is 2. The van der Waals surface area contributed by atoms with Gasteiger partial charge in [-0.05, 0) is 61.3 Å². The predicted molar refractivity (Wildman–Crippen MR) is 78.7 cm³/mol. The van der Waals surface area contributed by atoms with Gasteiger partial charge in [-0.3, -0.25) is 16.0 Å². The Bertz CT molecular complexity index is 493. The van der Waals surface area contributed by atoms with Gasteiger partial charge < -0.3 is 0 Å². The molecule has 3 aliphatic carbocycles. The third-order valence-corrected chi connectivity index (χ3v) is 6.29. The van der Waals surface area contributed by atoms with Crippen LogP contribution in [0.5, 0.6) is 0 Å². The van der Waals surface area contributed by atoms with Gasteiger partial charge in [-0.1, -0.05) is 6.92 Å². The Morgan fingerprint density at radius 2 is 2.10 bits per heavy atom. The van der Waals surface area contributed by atoms with E-state index in [1.54, 1.807) is 0 Å². The van der Waals surface area contributed by atoms with Crippen LogP contribution in [0.25, 0.3) is 0 Å². The van der Waals surface area contributed by atoms with Crippen molar-refractivity contribution in [3.05, 3.63) is 17.5 Å². The first-order valence-corrected chi connectivity index (χ1v) is 8.20. The highest BCUT2D eigenvalue weighted by molar-refractivity contribution is 5.19. The van der Waals surface area contributed by atoms with Crippen molar-refractivity contribution in [2.24, 2.45) is 42.5 Å². The lowest BCUT2D eigenvalue weighted by Crippen LogP contribution is -2.40. The summed E-state index contributed by atoms with van der Waals surface area (Å²) in [6.45, 7) is 2.16. The standard InChI is InChI=1S/C16H26N4/c1-3-11-7-12(20(2)19-11)8-13(18-17)16-14-9-4-5-10(6-9)15(14)16/h7,9-10,13-16,18H,3-6,8,17H2,1-2H3. The summed E-state index contributed by atoms with van der Waals surface area (Å²) in [5, 5.41) is 4.56. The SMILES string of the molecule is CCc1cc(CC(NN)C2C3C4CCC(C4)C32)n(C)n1. The molecule has 0 saturated heterocycles. The molecule has 3 saturated carbocycles. The number of nitrogens with two attached hydrogens (primary N) is 1. The first-order chi connectivity index (χ1) is 9.72. The van der Waals surface area contributed by atoms with Gasteiger partial charge in [-0.2, -0.15) is 5.10 Å². The average Bonchev–Trinajstić information content (AvgIpc) is 2.78. The van der Waals surface area contributed by atoms with Gasteiger partial charge in [0.2, 0.25) is 0 Å². The maximum atomic E-state index is 5.89. The van der Waals surface area contributed by atoms with E-state index in [-0.39, 0.29) is 0 Å². The molecule has 4 rings (SSSR count). The van der Waals surface area contributed by atoms with Crippen LogP contribution in [0, 0.1) is 29.6 Å². The number of hydrogen-bond acceptors (Lipinski definition) is 3. The van der Waals surface area contributed by atoms with E-state index in [0.717, 1.165) is 42.4 Å². The fraction of sp³-hybridized carbons (Fsp3) is 0.812. The molecule has 0 radical (unpaired) electrons. The van der Waals surface area contributed by atoms with E-state index in [2.05, 4.69) is 30.6 Å². The number of aryl methyl sites for hydroxylation is 2. The van der Waals surface area contributed by atoms with Crippen molar-refractivity contribution < 1.29 is 0 Å². The van der Waals surface area contributed by atoms with Crippen molar-refractivity contribution in [1.82, 2.24) is 15.2 Å². The molecule has 110 valence electrons. The van der Waals surface area contributed by atoms with Gasteiger partial charge in [-0.15, -0.1) is 0 Å². The van der Waals surface area contributed by atoms with Crippen LogP contribution in [-0.2, 0) is 19.9 Å². The fourth-order valence-corrected chi connectivity index (χ4v) is 5.40. The lowest BCUT2D eigenvalue weighted by molar-refractivity contribution is 0.360. The molecule has 1 aromatic heterocycles. The lowest BCUT2D eigenvalue weighted by atomic mass is 9.95. The summed E-state index contributed by atoms with van der Waals surface area (Å²) in [4.78, 5) is 0. The molecule has 5 atom stereocenters. The van der Waals surface area contributed by atoms with Crippen molar-refractivity contribution >= 4 is 0 Å². The molecule has 1 aromatic rings. The third-order valence-electron chi connectivity index (χ3n) is 6.29. The molecule has 4 heteroatoms. The van der Waals surface area contributed by atoms with Crippen LogP contribution in [0.3, 0.4) is 0 Å². The number of rotatable bonds is 5. The van der Waals surface area contributed by atoms with Gasteiger partial charge in [0.15, 0.2) is 0 Å². The van der Waals surface area contributed by atoms with Crippen molar-refractivity contribution in [1.29, 1.82) is 0 Å². The molecular formula is C16H26N4. The second-order valence-electron chi connectivity index (χ2n) is 7.15. The molecule has 0 amide bonds. The minimum absolute atomic E-state index is 0.438. The first-order valence-electron chi connectivity index (χ1n) is 8.20. The molecule has 4 nitrogen and oxygen atoms in total. The molecule has 0 aromatic carbocycles. The predicted octanol–water partition coefficient (Wildman–Crippen LogP) is 1.65. The molecule has 1 heterocycles. The average molecular weight is 274 g/mol. The van der Waals surface area contributed by atoms with Gasteiger partial charge in [0.1, 0.15) is 0 Å². The van der Waals surface area contributed by atoms with Gasteiger partial charge in [-0.25, -0.2) is 0 Å². The van der Waals surface area contributed by atoms with Gasteiger partial charge in [0, 0.05) is 25.2 Å². The number of aromatic nitrogens is 2. The maximum absolute atomic E-state index is 5.89. The Labute approximate surface area is 121 Å². The highest BCUT2D eigenvalue weighted by atomic mass is 15.3. The van der Waals surface area contributed by atoms with Crippen LogP contribution in [-0.4, -0.2) is 15.8 Å². The fourth-order valence-electron chi connectivity index (χ4n) is 5.40. The van der Waals surface area contributed by atoms with Crippen LogP contribution in [0.4, 0.5) is 0 Å². The summed E-state index contributed by atoms with van der Waals surface area (Å²) >= 11 is 0. The number of hydrogen-bond donors (Lipinski definition) is 2. The van der Waals surface area contributed by atoms with E-state index >= 15 is 0 Å². The maximum Gasteiger partial charge on any atom is 0.0624 e. The topological polar surface area (TPSA) is 55.9 Å². The zero-order chi connectivity index (χ0) is 13.9. The zero-order valence-corrected chi connectivity index (χ0v) is 12.5. The number of fused-ring (bicyclic) bond motifs is 5. The van der Waals surface area contributed by atoms with Gasteiger partial charge in [0.25, 0.3) is 0 Å². The summed E-state index contributed by atoms with van der Waals surface area (Å²) in [5.41, 5.74) is 5.63. The minimum Gasteiger partial charge on any atom is -0.272 e. The van der Waals surface area contributed by atoms with Crippen molar-refractivity contribution in [3.63, 3.8) is 0 Å². The van der Waals surface area contributed by atoms with E-state index in [0.29, 0.717) is 6.04 Å². The van der Waals surface area contributed by atoms with Crippen LogP contribution >= 0.6 is 0 Å². The smallest absolute Gasteiger partial charge is 0.0624 e. The minimum atomic E-state index is 0.438. The van der Waals surface area contributed by atoms with E-state index < -0.39 is 0 Å². The third kappa shape index (κ3) is 1.77. The second kappa shape index (κ2) is 4.57. The summed E-state index contributed by atoms with van der Waals surface area (Å²) < 4.78 is 2.04. The zero-order valence-electron chi connectivity index (χ0n) is 12.5. The molecule has 5 unspecified atom stereocenters. The van der Waals surface area contributed by atoms with Gasteiger partial charge >= 0.3 is 0 Å². The van der Waals surface area contributed by atoms with E-state index in [1.165, 1.54) is 30.7 Å². The van der Waals surface area contributed by atoms with E-state index in [9.17, 15) is 0 Å². The Hall–Kier alpha value is -0.870. The van der Waals surface area contributed by atoms with Crippen molar-refractivity contribution in [2.75, 3.05) is 0 Å². The van der Waals surface area contributed by atoms with Crippen LogP contribution in [0.2, 0.25) is 0 Å². The highest BCUT2D eigenvalue weighted by Gasteiger charge is 2.66. The summed E-state index contributed by atoms with van der Waals surface area (Å²) in [5.74, 6) is 10.7. The molecule has 3 aliphatic rings. The highest BCUT2D eigenvalue weighted by Crippen LogP contribution is 2.70. The molecule has 0 aliphatic heterocycles. The van der Waals surface area contributed by atoms with E-state index in [4.69, 9.17) is 5.84 Å². The van der Waals surface area contributed by atoms with Crippen molar-refractivity contribution in [3.8, 4) is 0 Å². The first kappa shape index (κ1) is 12.8. The van der Waals surface area contributed by atoms with E-state index in [1.807, 2.05) is 4.68 Å². The lowest BCUT2D eigenvalue weighted by Gasteiger charge is -2.19. The number of nitrogens with one attached hydrogen (secondary N) is 1. The Kier molecular flexibility index (Phi) is 2.93. The van der Waals surface area contributed by atoms with Crippen LogP contribution in [0.15, 0.2) is 6.07 Å². The molecule has 3 fully saturated rings. The van der Waals surface area contributed by atoms with Crippen molar-refractivity contribution in [2.45, 2.75) is 45.1 Å². The summed E-state index contributed by atoms with van der Waals surface area (Å²) in [6.07, 6.45) is 6.50. The Balaban J connectivity index is 1.48. The normalized spacial score (nSPS) is 39.0. The summed E-state index contributed by atoms with van der Waals surface area (Å²) in [7, 11) is 2.06. The largest absolute Gasteiger partial charge is 0.272 e. The molecular weight excluding hydrogens is 248 g/mol. The Morgan fingerprint density at radius 3 is 2.65 bits per heavy atom. The number of hydrazine groups is 1. The van der Waals surface area contributed by atoms with Gasteiger partial charge in [0.05, 0.1) is 5.69 Å². The molecule has 3 N–H and O–H groups in total. The van der Waals surface area contributed by atoms with Crippen LogP contribution < -0.4 is 11.3 Å².